The van der Waals surface area contributed by atoms with E-state index < -0.39 is 10.8 Å². The smallest absolute Gasteiger partial charge is 0.156 e. The van der Waals surface area contributed by atoms with Gasteiger partial charge >= 0.3 is 0 Å². The van der Waals surface area contributed by atoms with Crippen molar-refractivity contribution in [1.82, 2.24) is 0 Å². The van der Waals surface area contributed by atoms with Crippen LogP contribution in [0, 0.1) is 0 Å². The summed E-state index contributed by atoms with van der Waals surface area (Å²) in [5.41, 5.74) is 4.90. The van der Waals surface area contributed by atoms with Gasteiger partial charge in [0.1, 0.15) is 36.9 Å². The van der Waals surface area contributed by atoms with E-state index in [1.165, 1.54) is 0 Å². The summed E-state index contributed by atoms with van der Waals surface area (Å²) in [5, 5.41) is -1.23. The Labute approximate surface area is 131 Å². The maximum atomic E-state index is 12.2. The summed E-state index contributed by atoms with van der Waals surface area (Å²) in [7, 11) is 34.7. The number of carbonyl (C=O) groups is 1. The lowest BCUT2D eigenvalue weighted by atomic mass is 9.52. The molecule has 0 spiro atoms. The predicted octanol–water partition coefficient (Wildman–Crippen LogP) is -3.51. The van der Waals surface area contributed by atoms with Gasteiger partial charge in [-0.05, 0) is 18.4 Å². The van der Waals surface area contributed by atoms with E-state index in [9.17, 15) is 4.79 Å². The molecule has 0 aliphatic heterocycles. The predicted molar refractivity (Wildman–Crippen MR) is 87.3 cm³/mol. The minimum Gasteiger partial charge on any atom is -0.315 e. The molecule has 0 amide bonds. The Kier molecular flexibility index (Phi) is 3.80. The minimum absolute atomic E-state index is 0.00255. The van der Waals surface area contributed by atoms with E-state index in [2.05, 4.69) is 0 Å². The fraction of sp³-hybridized carbons (Fsp3) is 0.364. The highest BCUT2D eigenvalue weighted by atomic mass is 35.5. The molecular weight excluding hydrogens is 262 g/mol. The van der Waals surface area contributed by atoms with E-state index in [1.54, 1.807) is 0 Å². The number of hydrogen-bond acceptors (Lipinski definition) is 2. The molecule has 1 aliphatic rings. The normalized spacial score (nSPS) is 25.0. The van der Waals surface area contributed by atoms with Gasteiger partial charge in [0.25, 0.3) is 0 Å². The highest BCUT2D eigenvalue weighted by Gasteiger charge is 2.49. The van der Waals surface area contributed by atoms with Crippen molar-refractivity contribution >= 4 is 86.3 Å². The fourth-order valence-corrected chi connectivity index (χ4v) is 2.97. The largest absolute Gasteiger partial charge is 0.315 e. The third-order valence-corrected chi connectivity index (χ3v) is 4.03. The average molecular weight is 268 g/mol. The summed E-state index contributed by atoms with van der Waals surface area (Å²) in [6, 6.07) is 0. The minimum atomic E-state index is -1.53. The molecule has 0 saturated heterocycles. The van der Waals surface area contributed by atoms with Gasteiger partial charge in [-0.1, -0.05) is 27.7 Å². The molecule has 2 rings (SSSR count). The molecule has 1 aliphatic carbocycles. The number of benzene rings is 1. The Bertz CT molecular complexity index is 590. The number of halogens is 1. The molecular formula is C11H6B6ClNO. The Morgan fingerprint density at radius 1 is 1.00 bits per heavy atom. The first kappa shape index (κ1) is 15.9. The third-order valence-electron chi connectivity index (χ3n) is 3.64. The SMILES string of the molecule is [B]c1c([B])c([B])c(C2(N)CC([B])([B])CC2=O)c(Cl)c1[B]. The summed E-state index contributed by atoms with van der Waals surface area (Å²) in [6.07, 6.45) is -0.116. The van der Waals surface area contributed by atoms with Gasteiger partial charge in [0, 0.05) is 5.02 Å². The maximum Gasteiger partial charge on any atom is 0.156 e. The van der Waals surface area contributed by atoms with Gasteiger partial charge in [-0.25, -0.2) is 0 Å². The lowest BCUT2D eigenvalue weighted by Crippen LogP contribution is -2.55. The van der Waals surface area contributed by atoms with Crippen LogP contribution >= 0.6 is 11.6 Å². The second kappa shape index (κ2) is 4.78. The van der Waals surface area contributed by atoms with E-state index in [4.69, 9.17) is 64.4 Å². The van der Waals surface area contributed by atoms with Gasteiger partial charge in [0.15, 0.2) is 5.78 Å². The van der Waals surface area contributed by atoms with E-state index in [0.29, 0.717) is 0 Å². The number of Topliss-reactive ketones (excluding diaryl/α,β-unsaturated/α-hetero) is 1. The standard InChI is InChI=1S/C11H6B6ClNO/c12-5-4(9(18)8(15)7(14)6(5)13)11(19)2-10(16,17)1-3(11)20/h1-2,19H2. The van der Waals surface area contributed by atoms with Crippen LogP contribution in [0.1, 0.15) is 18.4 Å². The van der Waals surface area contributed by atoms with Crippen molar-refractivity contribution in [3.05, 3.63) is 10.6 Å². The zero-order valence-electron chi connectivity index (χ0n) is 10.7. The number of hydrogen-bond donors (Lipinski definition) is 1. The van der Waals surface area contributed by atoms with Crippen LogP contribution in [0.2, 0.25) is 10.2 Å². The summed E-state index contributed by atoms with van der Waals surface area (Å²) >= 11 is 6.15. The summed E-state index contributed by atoms with van der Waals surface area (Å²) < 4.78 is 0. The van der Waals surface area contributed by atoms with E-state index in [-0.39, 0.29) is 51.1 Å². The van der Waals surface area contributed by atoms with Crippen LogP contribution < -0.4 is 27.6 Å². The Morgan fingerprint density at radius 3 is 1.95 bits per heavy atom. The molecule has 0 bridgehead atoms. The van der Waals surface area contributed by atoms with Gasteiger partial charge in [-0.15, -0.1) is 10.9 Å². The highest BCUT2D eigenvalue weighted by Crippen LogP contribution is 2.46. The lowest BCUT2D eigenvalue weighted by Gasteiger charge is -2.31. The first-order chi connectivity index (χ1) is 9.01. The molecule has 2 nitrogen and oxygen atoms in total. The topological polar surface area (TPSA) is 43.1 Å². The van der Waals surface area contributed by atoms with E-state index >= 15 is 0 Å². The molecule has 2 N–H and O–H groups in total. The Morgan fingerprint density at radius 2 is 1.50 bits per heavy atom. The molecule has 9 heteroatoms. The Balaban J connectivity index is 2.74. The van der Waals surface area contributed by atoms with Crippen LogP contribution in [0.25, 0.3) is 0 Å². The van der Waals surface area contributed by atoms with E-state index in [1.807, 2.05) is 0 Å². The highest BCUT2D eigenvalue weighted by molar-refractivity contribution is 6.65. The second-order valence-corrected chi connectivity index (χ2v) is 5.70. The molecule has 0 aromatic heterocycles. The Hall–Kier alpha value is -0.470. The number of carbonyl (C=O) groups excluding carboxylic acids is 1. The number of ketones is 1. The summed E-state index contributed by atoms with van der Waals surface area (Å²) in [4.78, 5) is 12.2. The molecule has 20 heavy (non-hydrogen) atoms. The van der Waals surface area contributed by atoms with Crippen LogP contribution in [0.5, 0.6) is 0 Å². The number of nitrogens with two attached hydrogens (primary N) is 1. The molecule has 1 fully saturated rings. The van der Waals surface area contributed by atoms with Crippen LogP contribution in [-0.4, -0.2) is 52.9 Å². The number of rotatable bonds is 1. The summed E-state index contributed by atoms with van der Waals surface area (Å²) in [6.45, 7) is 0. The van der Waals surface area contributed by atoms with Crippen molar-refractivity contribution in [3.8, 4) is 0 Å². The van der Waals surface area contributed by atoms with Crippen LogP contribution in [-0.2, 0) is 10.3 Å². The van der Waals surface area contributed by atoms with Gasteiger partial charge in [0.2, 0.25) is 0 Å². The van der Waals surface area contributed by atoms with Crippen LogP contribution in [0.4, 0.5) is 0 Å². The zero-order chi connectivity index (χ0) is 15.5. The van der Waals surface area contributed by atoms with Gasteiger partial charge < -0.3 is 5.73 Å². The fourth-order valence-electron chi connectivity index (χ4n) is 2.60. The monoisotopic (exact) mass is 269 g/mol. The molecule has 1 unspecified atom stereocenters. The maximum absolute atomic E-state index is 12.2. The van der Waals surface area contributed by atoms with Crippen molar-refractivity contribution in [2.75, 3.05) is 0 Å². The second-order valence-electron chi connectivity index (χ2n) is 5.32. The van der Waals surface area contributed by atoms with Crippen molar-refractivity contribution < 1.29 is 4.79 Å². The molecule has 0 heterocycles. The van der Waals surface area contributed by atoms with Crippen molar-refractivity contribution in [3.63, 3.8) is 0 Å². The van der Waals surface area contributed by atoms with Crippen molar-refractivity contribution in [2.24, 2.45) is 5.73 Å². The molecule has 1 aromatic rings. The average Bonchev–Trinajstić information content (AvgIpc) is 2.53. The quantitative estimate of drug-likeness (QED) is 0.537. The molecule has 1 saturated carbocycles. The lowest BCUT2D eigenvalue weighted by molar-refractivity contribution is -0.122. The first-order valence-corrected chi connectivity index (χ1v) is 6.21. The van der Waals surface area contributed by atoms with Gasteiger partial charge in [-0.2, -0.15) is 0 Å². The van der Waals surface area contributed by atoms with Gasteiger partial charge in [0.05, 0.1) is 15.7 Å². The van der Waals surface area contributed by atoms with Crippen molar-refractivity contribution in [1.29, 1.82) is 0 Å². The first-order valence-electron chi connectivity index (χ1n) is 5.83. The molecule has 1 atom stereocenters. The van der Waals surface area contributed by atoms with Crippen LogP contribution in [0.3, 0.4) is 0 Å². The van der Waals surface area contributed by atoms with E-state index in [0.717, 1.165) is 0 Å². The van der Waals surface area contributed by atoms with Gasteiger partial charge in [-0.3, -0.25) is 4.79 Å². The molecule has 1 aromatic carbocycles. The summed E-state index contributed by atoms with van der Waals surface area (Å²) in [5.74, 6) is -0.375. The zero-order valence-corrected chi connectivity index (χ0v) is 11.5. The third kappa shape index (κ3) is 2.21. The van der Waals surface area contributed by atoms with Crippen molar-refractivity contribution in [2.45, 2.75) is 23.6 Å². The van der Waals surface area contributed by atoms with Crippen LogP contribution in [0.15, 0.2) is 0 Å². The molecule has 12 radical (unpaired) electrons. The molecule has 86 valence electrons.